The molecule has 3 aromatic carbocycles. The Bertz CT molecular complexity index is 2190. The summed E-state index contributed by atoms with van der Waals surface area (Å²) in [6.45, 7) is 6.80. The van der Waals surface area contributed by atoms with E-state index in [-0.39, 0.29) is 15.9 Å². The third kappa shape index (κ3) is 6.32. The number of nitrogens with zero attached hydrogens (tertiary/aromatic N) is 3. The van der Waals surface area contributed by atoms with Crippen molar-refractivity contribution >= 4 is 65.8 Å². The van der Waals surface area contributed by atoms with Crippen molar-refractivity contribution in [2.75, 3.05) is 4.90 Å². The second-order valence-corrected chi connectivity index (χ2v) is 18.1. The van der Waals surface area contributed by atoms with E-state index in [4.69, 9.17) is 32.7 Å². The minimum Gasteiger partial charge on any atom is -0.360 e. The normalized spacial score (nSPS) is 20.6. The van der Waals surface area contributed by atoms with Gasteiger partial charge in [-0.15, -0.1) is 0 Å². The van der Waals surface area contributed by atoms with E-state index in [2.05, 4.69) is 40.9 Å². The van der Waals surface area contributed by atoms with Crippen LogP contribution in [0.2, 0.25) is 10.0 Å². The van der Waals surface area contributed by atoms with Crippen LogP contribution in [0.25, 0.3) is 21.5 Å². The van der Waals surface area contributed by atoms with Crippen molar-refractivity contribution in [3.05, 3.63) is 93.2 Å². The first-order valence-corrected chi connectivity index (χ1v) is 19.9. The Hall–Kier alpha value is -3.48. The molecule has 2 aliphatic heterocycles. The Morgan fingerprint density at radius 3 is 2.36 bits per heavy atom. The number of anilines is 1. The van der Waals surface area contributed by atoms with Gasteiger partial charge < -0.3 is 14.7 Å². The topological polar surface area (TPSA) is 117 Å². The molecule has 5 aromatic rings. The molecule has 2 bridgehead atoms. The van der Waals surface area contributed by atoms with Crippen molar-refractivity contribution in [1.82, 2.24) is 20.2 Å². The van der Waals surface area contributed by atoms with Gasteiger partial charge in [0, 0.05) is 47.3 Å². The van der Waals surface area contributed by atoms with Crippen molar-refractivity contribution in [3.8, 4) is 11.3 Å². The second kappa shape index (κ2) is 12.6. The number of benzene rings is 3. The van der Waals surface area contributed by atoms with Crippen LogP contribution in [0.5, 0.6) is 0 Å². The summed E-state index contributed by atoms with van der Waals surface area (Å²) in [6.07, 6.45) is 5.25. The zero-order valence-corrected chi connectivity index (χ0v) is 31.0. The van der Waals surface area contributed by atoms with Gasteiger partial charge >= 0.3 is 0 Å². The van der Waals surface area contributed by atoms with Crippen molar-refractivity contribution in [2.24, 2.45) is 0 Å². The zero-order chi connectivity index (χ0) is 34.9. The van der Waals surface area contributed by atoms with E-state index < -0.39 is 15.9 Å². The number of nitrogens with one attached hydrogen (secondary N) is 2. The highest BCUT2D eigenvalue weighted by Crippen LogP contribution is 2.47. The van der Waals surface area contributed by atoms with Crippen LogP contribution in [-0.4, -0.2) is 42.6 Å². The van der Waals surface area contributed by atoms with Crippen LogP contribution in [0.1, 0.15) is 86.0 Å². The maximum atomic E-state index is 13.1. The summed E-state index contributed by atoms with van der Waals surface area (Å²) < 4.78 is 35.0. The fourth-order valence-electron chi connectivity index (χ4n) is 7.22. The van der Waals surface area contributed by atoms with Crippen molar-refractivity contribution in [1.29, 1.82) is 0 Å². The Balaban J connectivity index is 0.931. The number of fused-ring (bicyclic) bond motifs is 3. The molecular weight excluding hydrogens is 713 g/mol. The first kappa shape index (κ1) is 33.7. The lowest BCUT2D eigenvalue weighted by Crippen LogP contribution is -2.64. The van der Waals surface area contributed by atoms with Crippen LogP contribution in [-0.2, 0) is 22.0 Å². The van der Waals surface area contributed by atoms with Gasteiger partial charge in [0.2, 0.25) is 0 Å². The van der Waals surface area contributed by atoms with Gasteiger partial charge in [-0.1, -0.05) is 78.7 Å². The molecule has 13 heteroatoms. The lowest BCUT2D eigenvalue weighted by molar-refractivity contribution is 0.0981. The molecule has 9 nitrogen and oxygen atoms in total. The molecule has 4 heterocycles. The fraction of sp³-hybridized carbons (Fsp3) is 0.378. The number of thiazole rings is 1. The van der Waals surface area contributed by atoms with E-state index in [0.29, 0.717) is 51.9 Å². The molecule has 0 spiro atoms. The molecule has 2 atom stereocenters. The average molecular weight is 751 g/mol. The summed E-state index contributed by atoms with van der Waals surface area (Å²) >= 11 is 14.7. The van der Waals surface area contributed by atoms with Crippen LogP contribution in [0.15, 0.2) is 70.1 Å². The van der Waals surface area contributed by atoms with Gasteiger partial charge in [-0.05, 0) is 85.5 Å². The molecule has 50 heavy (non-hydrogen) atoms. The molecule has 4 aliphatic rings. The van der Waals surface area contributed by atoms with E-state index in [9.17, 15) is 13.2 Å². The number of carbonyl (C=O) groups is 1. The van der Waals surface area contributed by atoms with E-state index in [1.807, 2.05) is 18.2 Å². The largest absolute Gasteiger partial charge is 0.360 e. The monoisotopic (exact) mass is 749 g/mol. The molecule has 2 N–H and O–H groups in total. The molecule has 9 rings (SSSR count). The highest BCUT2D eigenvalue weighted by molar-refractivity contribution is 7.90. The quantitative estimate of drug-likeness (QED) is 0.154. The number of hydrogen-bond acceptors (Lipinski definition) is 9. The number of aromatic nitrogens is 2. The molecule has 2 aliphatic carbocycles. The van der Waals surface area contributed by atoms with Crippen LogP contribution >= 0.6 is 34.5 Å². The number of sulfonamides is 1. The molecule has 2 unspecified atom stereocenters. The van der Waals surface area contributed by atoms with Gasteiger partial charge in [-0.25, -0.2) is 18.1 Å². The second-order valence-electron chi connectivity index (χ2n) is 14.6. The standard InChI is InChI=1S/C37H37Cl2N5O4S2/c1-37(2,3)22-10-12-26(13-11-22)50(46,47)43-35(45)21-9-14-30-31(15-21)49-36(41-30)44-24-16-23(17-25(44)18-24)40-19-27-33(42-48-34(27)20-7-8-20)32-28(38)5-4-6-29(32)39/h4-6,9-15,20,23-25,40H,7-8,16-19H2,1-3H3,(H,43,45). The predicted molar refractivity (Wildman–Crippen MR) is 198 cm³/mol. The molecule has 2 saturated heterocycles. The van der Waals surface area contributed by atoms with E-state index >= 15 is 0 Å². The number of carbonyl (C=O) groups excluding carboxylic acids is 1. The first-order chi connectivity index (χ1) is 23.9. The van der Waals surface area contributed by atoms with Crippen LogP contribution < -0.4 is 14.9 Å². The number of halogens is 2. The summed E-state index contributed by atoms with van der Waals surface area (Å²) in [7, 11) is -4.03. The summed E-state index contributed by atoms with van der Waals surface area (Å²) in [5.74, 6) is 0.653. The minimum atomic E-state index is -4.03. The lowest BCUT2D eigenvalue weighted by Gasteiger charge is -2.55. The van der Waals surface area contributed by atoms with Gasteiger partial charge in [0.25, 0.3) is 15.9 Å². The molecule has 2 aromatic heterocycles. The molecular formula is C37H37Cl2N5O4S2. The van der Waals surface area contributed by atoms with Gasteiger partial charge in [0.05, 0.1) is 25.2 Å². The van der Waals surface area contributed by atoms with Crippen molar-refractivity contribution in [2.45, 2.75) is 93.8 Å². The van der Waals surface area contributed by atoms with Gasteiger partial charge in [-0.2, -0.15) is 0 Å². The third-order valence-electron chi connectivity index (χ3n) is 10.1. The fourth-order valence-corrected chi connectivity index (χ4v) is 9.92. The Labute approximate surface area is 305 Å². The number of piperidine rings is 1. The van der Waals surface area contributed by atoms with Crippen LogP contribution in [0.3, 0.4) is 0 Å². The summed E-state index contributed by atoms with van der Waals surface area (Å²) in [6, 6.07) is 18.3. The Kier molecular flexibility index (Phi) is 8.50. The summed E-state index contributed by atoms with van der Waals surface area (Å²) in [4.78, 5) is 20.5. The first-order valence-electron chi connectivity index (χ1n) is 16.9. The lowest BCUT2D eigenvalue weighted by atomic mass is 9.77. The molecule has 1 amide bonds. The highest BCUT2D eigenvalue weighted by Gasteiger charge is 2.46. The number of amides is 1. The van der Waals surface area contributed by atoms with Crippen LogP contribution in [0, 0.1) is 0 Å². The summed E-state index contributed by atoms with van der Waals surface area (Å²) in [5.41, 5.74) is 4.42. The van der Waals surface area contributed by atoms with Crippen molar-refractivity contribution in [3.63, 3.8) is 0 Å². The smallest absolute Gasteiger partial charge is 0.265 e. The van der Waals surface area contributed by atoms with E-state index in [1.54, 1.807) is 30.3 Å². The van der Waals surface area contributed by atoms with Gasteiger partial charge in [-0.3, -0.25) is 4.79 Å². The van der Waals surface area contributed by atoms with Crippen LogP contribution in [0.4, 0.5) is 5.13 Å². The molecule has 0 radical (unpaired) electrons. The highest BCUT2D eigenvalue weighted by atomic mass is 35.5. The number of rotatable bonds is 9. The minimum absolute atomic E-state index is 0.0485. The van der Waals surface area contributed by atoms with E-state index in [1.165, 1.54) is 23.5 Å². The van der Waals surface area contributed by atoms with Gasteiger partial charge in [0.15, 0.2) is 5.13 Å². The Morgan fingerprint density at radius 2 is 1.70 bits per heavy atom. The maximum absolute atomic E-state index is 13.1. The number of hydrogen-bond donors (Lipinski definition) is 2. The Morgan fingerprint density at radius 1 is 1.00 bits per heavy atom. The molecule has 2 saturated carbocycles. The van der Waals surface area contributed by atoms with Crippen molar-refractivity contribution < 1.29 is 17.7 Å². The zero-order valence-electron chi connectivity index (χ0n) is 27.9. The third-order valence-corrected chi connectivity index (χ3v) is 13.1. The summed E-state index contributed by atoms with van der Waals surface area (Å²) in [5, 5.41) is 10.3. The van der Waals surface area contributed by atoms with E-state index in [0.717, 1.165) is 64.3 Å². The van der Waals surface area contributed by atoms with Gasteiger partial charge in [0.1, 0.15) is 11.5 Å². The SMILES string of the molecule is CC(C)(C)c1ccc(S(=O)(=O)NC(=O)c2ccc3nc(N4C5CC(NCc6c(-c7c(Cl)cccc7Cl)noc6C6CC6)CC4C5)sc3c2)cc1. The molecule has 4 fully saturated rings. The molecule has 260 valence electrons. The maximum Gasteiger partial charge on any atom is 0.265 e. The average Bonchev–Trinajstić information content (AvgIpc) is 3.70. The predicted octanol–water partition coefficient (Wildman–Crippen LogP) is 8.45.